The number of benzene rings is 1. The lowest BCUT2D eigenvalue weighted by Crippen LogP contribution is -2.23. The van der Waals surface area contributed by atoms with Gasteiger partial charge < -0.3 is 14.2 Å². The van der Waals surface area contributed by atoms with Crippen molar-refractivity contribution >= 4 is 22.9 Å². The lowest BCUT2D eigenvalue weighted by Gasteiger charge is -2.15. The molecule has 24 heavy (non-hydrogen) atoms. The fourth-order valence-electron chi connectivity index (χ4n) is 2.72. The quantitative estimate of drug-likeness (QED) is 0.701. The molecule has 0 N–H and O–H groups in total. The lowest BCUT2D eigenvalue weighted by molar-refractivity contribution is -0.117. The molecule has 0 aliphatic carbocycles. The van der Waals surface area contributed by atoms with Crippen molar-refractivity contribution in [3.63, 3.8) is 0 Å². The third-order valence-corrected chi connectivity index (χ3v) is 4.82. The van der Waals surface area contributed by atoms with Crippen LogP contribution in [0.2, 0.25) is 0 Å². The molecule has 0 spiro atoms. The van der Waals surface area contributed by atoms with Gasteiger partial charge in [0, 0.05) is 24.7 Å². The molecule has 1 aromatic carbocycles. The van der Waals surface area contributed by atoms with Gasteiger partial charge in [-0.15, -0.1) is 11.3 Å². The number of hydrogen-bond acceptors (Lipinski definition) is 5. The van der Waals surface area contributed by atoms with Crippen molar-refractivity contribution in [2.45, 2.75) is 19.4 Å². The first kappa shape index (κ1) is 15.0. The van der Waals surface area contributed by atoms with Crippen LogP contribution < -0.4 is 9.64 Å². The fraction of sp³-hybridized carbons (Fsp3) is 0.222. The summed E-state index contributed by atoms with van der Waals surface area (Å²) in [5.74, 6) is 1.69. The zero-order valence-electron chi connectivity index (χ0n) is 13.0. The summed E-state index contributed by atoms with van der Waals surface area (Å²) in [6.07, 6.45) is 1.56. The zero-order valence-corrected chi connectivity index (χ0v) is 13.8. The van der Waals surface area contributed by atoms with E-state index >= 15 is 0 Å². The van der Waals surface area contributed by atoms with Crippen molar-refractivity contribution in [2.24, 2.45) is 0 Å². The molecule has 1 amide bonds. The van der Waals surface area contributed by atoms with E-state index in [0.717, 1.165) is 40.7 Å². The molecule has 3 heterocycles. The van der Waals surface area contributed by atoms with Crippen LogP contribution in [0, 0.1) is 0 Å². The Kier molecular flexibility index (Phi) is 4.04. The Bertz CT molecular complexity index is 824. The van der Waals surface area contributed by atoms with Crippen LogP contribution in [-0.4, -0.2) is 17.6 Å². The van der Waals surface area contributed by atoms with Crippen LogP contribution in [0.3, 0.4) is 0 Å². The van der Waals surface area contributed by atoms with Gasteiger partial charge in [-0.05, 0) is 42.1 Å². The second kappa shape index (κ2) is 6.49. The van der Waals surface area contributed by atoms with Crippen LogP contribution in [0.15, 0.2) is 52.4 Å². The van der Waals surface area contributed by atoms with Gasteiger partial charge in [0.05, 0.1) is 4.88 Å². The molecule has 4 rings (SSSR count). The summed E-state index contributed by atoms with van der Waals surface area (Å²) in [7, 11) is 0. The highest BCUT2D eigenvalue weighted by Gasteiger charge is 2.21. The number of carbonyl (C=O) groups excluding carboxylic acids is 1. The summed E-state index contributed by atoms with van der Waals surface area (Å²) in [5.41, 5.74) is 1.67. The predicted molar refractivity (Wildman–Crippen MR) is 92.2 cm³/mol. The first-order valence-electron chi connectivity index (χ1n) is 7.82. The van der Waals surface area contributed by atoms with Crippen LogP contribution in [0.25, 0.3) is 10.6 Å². The number of carbonyl (C=O) groups is 1. The van der Waals surface area contributed by atoms with Crippen LogP contribution in [-0.2, 0) is 11.4 Å². The normalized spacial score (nSPS) is 14.3. The van der Waals surface area contributed by atoms with Crippen molar-refractivity contribution in [3.8, 4) is 16.4 Å². The molecule has 1 aliphatic heterocycles. The topological polar surface area (TPSA) is 55.6 Å². The number of thiophene rings is 1. The van der Waals surface area contributed by atoms with E-state index in [1.54, 1.807) is 11.3 Å². The largest absolute Gasteiger partial charge is 0.487 e. The average Bonchev–Trinajstić information content (AvgIpc) is 3.35. The van der Waals surface area contributed by atoms with Gasteiger partial charge in [-0.3, -0.25) is 4.79 Å². The van der Waals surface area contributed by atoms with Crippen molar-refractivity contribution < 1.29 is 14.1 Å². The monoisotopic (exact) mass is 340 g/mol. The Morgan fingerprint density at radius 1 is 1.25 bits per heavy atom. The van der Waals surface area contributed by atoms with E-state index in [9.17, 15) is 4.79 Å². The molecule has 0 bridgehead atoms. The van der Waals surface area contributed by atoms with Crippen molar-refractivity contribution in [1.29, 1.82) is 0 Å². The van der Waals surface area contributed by atoms with E-state index in [1.807, 2.05) is 52.7 Å². The van der Waals surface area contributed by atoms with Gasteiger partial charge in [0.25, 0.3) is 0 Å². The maximum atomic E-state index is 11.7. The average molecular weight is 340 g/mol. The molecular weight excluding hydrogens is 324 g/mol. The highest BCUT2D eigenvalue weighted by molar-refractivity contribution is 7.13. The summed E-state index contributed by atoms with van der Waals surface area (Å²) in [6, 6.07) is 13.4. The second-order valence-electron chi connectivity index (χ2n) is 5.59. The van der Waals surface area contributed by atoms with E-state index in [1.165, 1.54) is 0 Å². The van der Waals surface area contributed by atoms with Crippen molar-refractivity contribution in [1.82, 2.24) is 5.16 Å². The Labute approximate surface area is 143 Å². The standard InChI is InChI=1S/C18H16N2O3S/c21-18-4-1-9-20(18)14-5-7-15(8-6-14)22-12-13-11-16(23-19-13)17-3-2-10-24-17/h2-3,5-8,10-11H,1,4,9,12H2. The number of ether oxygens (including phenoxy) is 1. The van der Waals surface area contributed by atoms with E-state index in [-0.39, 0.29) is 5.91 Å². The fourth-order valence-corrected chi connectivity index (χ4v) is 3.39. The summed E-state index contributed by atoms with van der Waals surface area (Å²) in [4.78, 5) is 14.6. The molecule has 5 nitrogen and oxygen atoms in total. The minimum absolute atomic E-state index is 0.187. The summed E-state index contributed by atoms with van der Waals surface area (Å²) in [5, 5.41) is 6.03. The number of nitrogens with zero attached hydrogens (tertiary/aromatic N) is 2. The van der Waals surface area contributed by atoms with E-state index in [4.69, 9.17) is 9.26 Å². The highest BCUT2D eigenvalue weighted by Crippen LogP contribution is 2.26. The SMILES string of the molecule is O=C1CCCN1c1ccc(OCc2cc(-c3cccs3)on2)cc1. The smallest absolute Gasteiger partial charge is 0.227 e. The third-order valence-electron chi connectivity index (χ3n) is 3.93. The minimum atomic E-state index is 0.187. The molecule has 1 saturated heterocycles. The van der Waals surface area contributed by atoms with Crippen LogP contribution >= 0.6 is 11.3 Å². The van der Waals surface area contributed by atoms with Gasteiger partial charge in [-0.1, -0.05) is 11.2 Å². The number of rotatable bonds is 5. The summed E-state index contributed by atoms with van der Waals surface area (Å²) < 4.78 is 11.1. The molecule has 2 aromatic heterocycles. The zero-order chi connectivity index (χ0) is 16.4. The molecule has 0 unspecified atom stereocenters. The van der Waals surface area contributed by atoms with Crippen molar-refractivity contribution in [2.75, 3.05) is 11.4 Å². The molecule has 0 saturated carbocycles. The minimum Gasteiger partial charge on any atom is -0.487 e. The van der Waals surface area contributed by atoms with Crippen LogP contribution in [0.4, 0.5) is 5.69 Å². The molecule has 1 aliphatic rings. The first-order valence-corrected chi connectivity index (χ1v) is 8.70. The van der Waals surface area contributed by atoms with Crippen molar-refractivity contribution in [3.05, 3.63) is 53.5 Å². The molecule has 3 aromatic rings. The Balaban J connectivity index is 1.38. The number of hydrogen-bond donors (Lipinski definition) is 0. The number of aromatic nitrogens is 1. The maximum absolute atomic E-state index is 11.7. The Morgan fingerprint density at radius 2 is 2.12 bits per heavy atom. The van der Waals surface area contributed by atoms with Gasteiger partial charge >= 0.3 is 0 Å². The lowest BCUT2D eigenvalue weighted by atomic mass is 10.3. The third kappa shape index (κ3) is 3.05. The van der Waals surface area contributed by atoms with E-state index in [0.29, 0.717) is 13.0 Å². The van der Waals surface area contributed by atoms with Gasteiger partial charge in [0.1, 0.15) is 18.1 Å². The number of anilines is 1. The van der Waals surface area contributed by atoms with Gasteiger partial charge in [0.15, 0.2) is 5.76 Å². The molecule has 6 heteroatoms. The van der Waals surface area contributed by atoms with E-state index < -0.39 is 0 Å². The second-order valence-corrected chi connectivity index (χ2v) is 6.54. The first-order chi connectivity index (χ1) is 11.8. The molecule has 0 radical (unpaired) electrons. The maximum Gasteiger partial charge on any atom is 0.227 e. The Morgan fingerprint density at radius 3 is 2.83 bits per heavy atom. The van der Waals surface area contributed by atoms with Gasteiger partial charge in [-0.25, -0.2) is 0 Å². The van der Waals surface area contributed by atoms with Crippen LogP contribution in [0.5, 0.6) is 5.75 Å². The highest BCUT2D eigenvalue weighted by atomic mass is 32.1. The number of amides is 1. The van der Waals surface area contributed by atoms with Crippen LogP contribution in [0.1, 0.15) is 18.5 Å². The summed E-state index contributed by atoms with van der Waals surface area (Å²) in [6.45, 7) is 1.14. The predicted octanol–water partition coefficient (Wildman–Crippen LogP) is 4.11. The summed E-state index contributed by atoms with van der Waals surface area (Å²) >= 11 is 1.61. The van der Waals surface area contributed by atoms with E-state index in [2.05, 4.69) is 5.16 Å². The Hall–Kier alpha value is -2.60. The molecular formula is C18H16N2O3S. The molecule has 0 atom stereocenters. The molecule has 122 valence electrons. The van der Waals surface area contributed by atoms with Gasteiger partial charge in [0.2, 0.25) is 5.91 Å². The van der Waals surface area contributed by atoms with Gasteiger partial charge in [-0.2, -0.15) is 0 Å². The molecule has 1 fully saturated rings.